The third kappa shape index (κ3) is 4.21. The van der Waals surface area contributed by atoms with Gasteiger partial charge in [0.2, 0.25) is 5.91 Å². The summed E-state index contributed by atoms with van der Waals surface area (Å²) < 4.78 is 5.57. The van der Waals surface area contributed by atoms with Gasteiger partial charge < -0.3 is 15.2 Å². The smallest absolute Gasteiger partial charge is 0.308 e. The largest absolute Gasteiger partial charge is 0.493 e. The molecule has 0 saturated heterocycles. The topological polar surface area (TPSA) is 75.6 Å². The van der Waals surface area contributed by atoms with Gasteiger partial charge in [-0.2, -0.15) is 0 Å². The average molecular weight is 291 g/mol. The molecule has 0 aliphatic heterocycles. The quantitative estimate of drug-likeness (QED) is 0.842. The first-order valence-electron chi connectivity index (χ1n) is 7.28. The number of ether oxygens (including phenoxy) is 1. The minimum atomic E-state index is -0.825. The molecule has 2 N–H and O–H groups in total. The van der Waals surface area contributed by atoms with E-state index in [9.17, 15) is 9.59 Å². The molecule has 1 fully saturated rings. The van der Waals surface area contributed by atoms with Crippen molar-refractivity contribution in [2.75, 3.05) is 6.61 Å². The van der Waals surface area contributed by atoms with Crippen LogP contribution in [-0.2, 0) is 9.59 Å². The lowest BCUT2D eigenvalue weighted by Crippen LogP contribution is -2.40. The number of carbonyl (C=O) groups is 2. The zero-order chi connectivity index (χ0) is 15.2. The van der Waals surface area contributed by atoms with Gasteiger partial charge in [-0.1, -0.05) is 24.6 Å². The van der Waals surface area contributed by atoms with E-state index in [4.69, 9.17) is 9.84 Å². The lowest BCUT2D eigenvalue weighted by Gasteiger charge is -2.17. The van der Waals surface area contributed by atoms with Crippen molar-refractivity contribution in [3.8, 4) is 5.75 Å². The van der Waals surface area contributed by atoms with E-state index < -0.39 is 11.9 Å². The first-order chi connectivity index (χ1) is 10.1. The van der Waals surface area contributed by atoms with Crippen LogP contribution in [0.1, 0.15) is 31.2 Å². The van der Waals surface area contributed by atoms with Crippen molar-refractivity contribution in [3.63, 3.8) is 0 Å². The Kier molecular flexibility index (Phi) is 5.20. The molecule has 0 bridgehead atoms. The number of hydrogen-bond acceptors (Lipinski definition) is 3. The minimum Gasteiger partial charge on any atom is -0.493 e. The van der Waals surface area contributed by atoms with E-state index in [2.05, 4.69) is 5.32 Å². The summed E-state index contributed by atoms with van der Waals surface area (Å²) in [5, 5.41) is 11.9. The Balaban J connectivity index is 1.75. The lowest BCUT2D eigenvalue weighted by atomic mass is 10.0. The Hall–Kier alpha value is -2.04. The van der Waals surface area contributed by atoms with E-state index in [1.165, 1.54) is 0 Å². The van der Waals surface area contributed by atoms with Gasteiger partial charge in [0, 0.05) is 6.04 Å². The molecule has 2 rings (SSSR count). The van der Waals surface area contributed by atoms with Gasteiger partial charge in [-0.05, 0) is 31.4 Å². The van der Waals surface area contributed by atoms with Gasteiger partial charge in [0.05, 0.1) is 18.9 Å². The molecular formula is C16H21NO4. The zero-order valence-corrected chi connectivity index (χ0v) is 12.2. The fraction of sp³-hybridized carbons (Fsp3) is 0.500. The highest BCUT2D eigenvalue weighted by atomic mass is 16.5. The molecule has 0 spiro atoms. The van der Waals surface area contributed by atoms with Crippen molar-refractivity contribution in [1.29, 1.82) is 0 Å². The highest BCUT2D eigenvalue weighted by Crippen LogP contribution is 2.25. The maximum absolute atomic E-state index is 11.9. The van der Waals surface area contributed by atoms with E-state index >= 15 is 0 Å². The van der Waals surface area contributed by atoms with Crippen LogP contribution in [0.2, 0.25) is 0 Å². The van der Waals surface area contributed by atoms with Crippen molar-refractivity contribution in [1.82, 2.24) is 5.32 Å². The van der Waals surface area contributed by atoms with Gasteiger partial charge in [0.15, 0.2) is 0 Å². The number of hydrogen-bond donors (Lipinski definition) is 2. The van der Waals surface area contributed by atoms with E-state index in [1.807, 2.05) is 31.2 Å². The van der Waals surface area contributed by atoms with Crippen molar-refractivity contribution >= 4 is 11.9 Å². The van der Waals surface area contributed by atoms with Gasteiger partial charge in [-0.25, -0.2) is 0 Å². The molecule has 0 radical (unpaired) electrons. The number of nitrogens with one attached hydrogen (secondary N) is 1. The Bertz CT molecular complexity index is 515. The Morgan fingerprint density at radius 2 is 2.10 bits per heavy atom. The van der Waals surface area contributed by atoms with E-state index in [0.717, 1.165) is 24.2 Å². The summed E-state index contributed by atoms with van der Waals surface area (Å²) in [6, 6.07) is 7.39. The van der Waals surface area contributed by atoms with Crippen LogP contribution in [0.15, 0.2) is 24.3 Å². The van der Waals surface area contributed by atoms with Crippen LogP contribution >= 0.6 is 0 Å². The Morgan fingerprint density at radius 1 is 1.33 bits per heavy atom. The van der Waals surface area contributed by atoms with Crippen LogP contribution in [0, 0.1) is 12.8 Å². The third-order valence-corrected chi connectivity index (χ3v) is 3.86. The minimum absolute atomic E-state index is 0.151. The number of para-hydroxylation sites is 1. The number of carboxylic acid groups (broad SMARTS) is 1. The predicted molar refractivity (Wildman–Crippen MR) is 78.2 cm³/mol. The number of carboxylic acids is 1. The van der Waals surface area contributed by atoms with Gasteiger partial charge in [-0.3, -0.25) is 9.59 Å². The maximum atomic E-state index is 11.9. The molecular weight excluding hydrogens is 270 g/mol. The number of aliphatic carboxylic acids is 1. The molecule has 114 valence electrons. The summed E-state index contributed by atoms with van der Waals surface area (Å²) in [5.41, 5.74) is 1.03. The SMILES string of the molecule is Cc1ccccc1OCCC(=O)NC1CCCC1C(=O)O. The monoisotopic (exact) mass is 291 g/mol. The van der Waals surface area contributed by atoms with Crippen LogP contribution in [0.25, 0.3) is 0 Å². The Labute approximate surface area is 124 Å². The second-order valence-corrected chi connectivity index (χ2v) is 5.41. The summed E-state index contributed by atoms with van der Waals surface area (Å²) in [6.07, 6.45) is 2.46. The Morgan fingerprint density at radius 3 is 2.81 bits per heavy atom. The molecule has 2 atom stereocenters. The summed E-state index contributed by atoms with van der Waals surface area (Å²) in [4.78, 5) is 22.9. The second-order valence-electron chi connectivity index (χ2n) is 5.41. The summed E-state index contributed by atoms with van der Waals surface area (Å²) in [7, 11) is 0. The number of carbonyl (C=O) groups excluding carboxylic acids is 1. The molecule has 1 aliphatic carbocycles. The van der Waals surface area contributed by atoms with Crippen LogP contribution in [-0.4, -0.2) is 29.6 Å². The van der Waals surface area contributed by atoms with E-state index in [1.54, 1.807) is 0 Å². The molecule has 1 aromatic rings. The lowest BCUT2D eigenvalue weighted by molar-refractivity contribution is -0.142. The highest BCUT2D eigenvalue weighted by Gasteiger charge is 2.33. The van der Waals surface area contributed by atoms with Gasteiger partial charge >= 0.3 is 5.97 Å². The summed E-state index contributed by atoms with van der Waals surface area (Å²) in [5.74, 6) is -0.656. The number of rotatable bonds is 6. The molecule has 0 heterocycles. The first kappa shape index (κ1) is 15.4. The van der Waals surface area contributed by atoms with Crippen LogP contribution in [0.3, 0.4) is 0 Å². The van der Waals surface area contributed by atoms with Gasteiger partial charge in [0.1, 0.15) is 5.75 Å². The maximum Gasteiger partial charge on any atom is 0.308 e. The zero-order valence-electron chi connectivity index (χ0n) is 12.2. The molecule has 1 aromatic carbocycles. The van der Waals surface area contributed by atoms with E-state index in [0.29, 0.717) is 13.0 Å². The van der Waals surface area contributed by atoms with Crippen LogP contribution in [0.5, 0.6) is 5.75 Å². The van der Waals surface area contributed by atoms with Gasteiger partial charge in [0.25, 0.3) is 0 Å². The molecule has 0 aromatic heterocycles. The number of benzene rings is 1. The molecule has 1 amide bonds. The number of amides is 1. The predicted octanol–water partition coefficient (Wildman–Crippen LogP) is 2.13. The summed E-state index contributed by atoms with van der Waals surface area (Å²) >= 11 is 0. The van der Waals surface area contributed by atoms with Crippen molar-refractivity contribution in [2.24, 2.45) is 5.92 Å². The average Bonchev–Trinajstić information content (AvgIpc) is 2.89. The van der Waals surface area contributed by atoms with Crippen LogP contribution in [0.4, 0.5) is 0 Å². The molecule has 2 unspecified atom stereocenters. The fourth-order valence-corrected chi connectivity index (χ4v) is 2.68. The van der Waals surface area contributed by atoms with E-state index in [-0.39, 0.29) is 18.4 Å². The van der Waals surface area contributed by atoms with Crippen molar-refractivity contribution in [2.45, 2.75) is 38.6 Å². The molecule has 5 heteroatoms. The van der Waals surface area contributed by atoms with Crippen molar-refractivity contribution in [3.05, 3.63) is 29.8 Å². The molecule has 21 heavy (non-hydrogen) atoms. The molecule has 1 saturated carbocycles. The first-order valence-corrected chi connectivity index (χ1v) is 7.28. The molecule has 1 aliphatic rings. The fourth-order valence-electron chi connectivity index (χ4n) is 2.68. The van der Waals surface area contributed by atoms with Gasteiger partial charge in [-0.15, -0.1) is 0 Å². The number of aryl methyl sites for hydroxylation is 1. The highest BCUT2D eigenvalue weighted by molar-refractivity contribution is 5.78. The molecule has 5 nitrogen and oxygen atoms in total. The van der Waals surface area contributed by atoms with Crippen LogP contribution < -0.4 is 10.1 Å². The standard InChI is InChI=1S/C16H21NO4/c1-11-5-2-3-8-14(11)21-10-9-15(18)17-13-7-4-6-12(13)16(19)20/h2-3,5,8,12-13H,4,6-7,9-10H2,1H3,(H,17,18)(H,19,20). The van der Waals surface area contributed by atoms with Crippen molar-refractivity contribution < 1.29 is 19.4 Å². The summed E-state index contributed by atoms with van der Waals surface area (Å²) in [6.45, 7) is 2.24. The third-order valence-electron chi connectivity index (χ3n) is 3.86. The second kappa shape index (κ2) is 7.11. The normalized spacial score (nSPS) is 21.0.